The standard InChI is InChI=1S/C18H20FN3O2S/c19-15-5-3-13(4-6-15)11-22-12-14(8-17(22)23)9-20-18(24)21-10-16-2-1-7-25-16/h1-7,14H,8-12H2,(H2,20,21,24). The largest absolute Gasteiger partial charge is 0.338 e. The van der Waals surface area contributed by atoms with Crippen LogP contribution in [0.5, 0.6) is 0 Å². The van der Waals surface area contributed by atoms with Gasteiger partial charge in [0.2, 0.25) is 5.91 Å². The number of benzene rings is 1. The van der Waals surface area contributed by atoms with E-state index in [1.807, 2.05) is 17.5 Å². The number of carbonyl (C=O) groups is 2. The maximum absolute atomic E-state index is 12.9. The van der Waals surface area contributed by atoms with Gasteiger partial charge in [-0.15, -0.1) is 11.3 Å². The summed E-state index contributed by atoms with van der Waals surface area (Å²) in [6.07, 6.45) is 0.423. The minimum atomic E-state index is -0.285. The quantitative estimate of drug-likeness (QED) is 0.831. The molecule has 0 saturated carbocycles. The molecule has 0 bridgehead atoms. The Labute approximate surface area is 149 Å². The summed E-state index contributed by atoms with van der Waals surface area (Å²) in [7, 11) is 0. The second kappa shape index (κ2) is 8.11. The van der Waals surface area contributed by atoms with Crippen molar-refractivity contribution in [3.05, 3.63) is 58.0 Å². The van der Waals surface area contributed by atoms with Crippen LogP contribution in [-0.4, -0.2) is 29.9 Å². The molecule has 7 heteroatoms. The van der Waals surface area contributed by atoms with Gasteiger partial charge in [0, 0.05) is 36.9 Å². The molecule has 1 saturated heterocycles. The smallest absolute Gasteiger partial charge is 0.315 e. The summed E-state index contributed by atoms with van der Waals surface area (Å²) < 4.78 is 12.9. The van der Waals surface area contributed by atoms with Crippen molar-refractivity contribution in [1.29, 1.82) is 0 Å². The van der Waals surface area contributed by atoms with E-state index in [0.29, 0.717) is 32.6 Å². The van der Waals surface area contributed by atoms with Crippen LogP contribution in [0.3, 0.4) is 0 Å². The van der Waals surface area contributed by atoms with Crippen LogP contribution in [0.4, 0.5) is 9.18 Å². The van der Waals surface area contributed by atoms with Gasteiger partial charge in [-0.25, -0.2) is 9.18 Å². The molecule has 0 aliphatic carbocycles. The molecule has 2 aromatic rings. The Kier molecular flexibility index (Phi) is 5.65. The molecule has 1 fully saturated rings. The summed E-state index contributed by atoms with van der Waals surface area (Å²) in [4.78, 5) is 26.8. The van der Waals surface area contributed by atoms with Crippen LogP contribution in [0.1, 0.15) is 16.9 Å². The van der Waals surface area contributed by atoms with Crippen molar-refractivity contribution in [2.75, 3.05) is 13.1 Å². The van der Waals surface area contributed by atoms with Gasteiger partial charge in [0.05, 0.1) is 6.54 Å². The Balaban J connectivity index is 1.41. The van der Waals surface area contributed by atoms with E-state index >= 15 is 0 Å². The summed E-state index contributed by atoms with van der Waals surface area (Å²) in [5.74, 6) is -0.123. The van der Waals surface area contributed by atoms with Crippen LogP contribution >= 0.6 is 11.3 Å². The number of likely N-dealkylation sites (tertiary alicyclic amines) is 1. The van der Waals surface area contributed by atoms with Crippen molar-refractivity contribution < 1.29 is 14.0 Å². The minimum Gasteiger partial charge on any atom is -0.338 e. The highest BCUT2D eigenvalue weighted by molar-refractivity contribution is 7.09. The van der Waals surface area contributed by atoms with Gasteiger partial charge < -0.3 is 15.5 Å². The third-order valence-electron chi connectivity index (χ3n) is 4.14. The summed E-state index contributed by atoms with van der Waals surface area (Å²) in [5.41, 5.74) is 0.900. The van der Waals surface area contributed by atoms with Crippen LogP contribution < -0.4 is 10.6 Å². The SMILES string of the molecule is O=C(NCc1cccs1)NCC1CC(=O)N(Cc2ccc(F)cc2)C1. The second-order valence-corrected chi connectivity index (χ2v) is 7.15. The molecular formula is C18H20FN3O2S. The van der Waals surface area contributed by atoms with Crippen molar-refractivity contribution in [3.63, 3.8) is 0 Å². The van der Waals surface area contributed by atoms with Gasteiger partial charge in [0.25, 0.3) is 0 Å². The lowest BCUT2D eigenvalue weighted by Gasteiger charge is -2.17. The molecule has 2 N–H and O–H groups in total. The van der Waals surface area contributed by atoms with Crippen molar-refractivity contribution in [3.8, 4) is 0 Å². The number of hydrogen-bond acceptors (Lipinski definition) is 3. The zero-order valence-electron chi connectivity index (χ0n) is 13.7. The molecule has 1 aliphatic rings. The van der Waals surface area contributed by atoms with Crippen LogP contribution in [0.25, 0.3) is 0 Å². The molecule has 1 atom stereocenters. The highest BCUT2D eigenvalue weighted by atomic mass is 32.1. The summed E-state index contributed by atoms with van der Waals surface area (Å²) in [6.45, 7) is 2.04. The number of carbonyl (C=O) groups excluding carboxylic acids is 2. The zero-order chi connectivity index (χ0) is 17.6. The van der Waals surface area contributed by atoms with Gasteiger partial charge >= 0.3 is 6.03 Å². The van der Waals surface area contributed by atoms with Crippen molar-refractivity contribution in [2.24, 2.45) is 5.92 Å². The first-order valence-corrected chi connectivity index (χ1v) is 9.04. The topological polar surface area (TPSA) is 61.4 Å². The fourth-order valence-corrected chi connectivity index (χ4v) is 3.48. The van der Waals surface area contributed by atoms with E-state index in [1.165, 1.54) is 12.1 Å². The Morgan fingerprint density at radius 1 is 1.24 bits per heavy atom. The Morgan fingerprint density at radius 2 is 2.04 bits per heavy atom. The molecule has 132 valence electrons. The van der Waals surface area contributed by atoms with E-state index in [4.69, 9.17) is 0 Å². The lowest BCUT2D eigenvalue weighted by atomic mass is 10.1. The molecule has 1 unspecified atom stereocenters. The molecule has 25 heavy (non-hydrogen) atoms. The lowest BCUT2D eigenvalue weighted by molar-refractivity contribution is -0.128. The number of nitrogens with one attached hydrogen (secondary N) is 2. The van der Waals surface area contributed by atoms with E-state index < -0.39 is 0 Å². The number of urea groups is 1. The van der Waals surface area contributed by atoms with Gasteiger partial charge in [-0.05, 0) is 29.1 Å². The highest BCUT2D eigenvalue weighted by Crippen LogP contribution is 2.19. The number of halogens is 1. The first kappa shape index (κ1) is 17.4. The number of amides is 3. The molecule has 2 heterocycles. The predicted octanol–water partition coefficient (Wildman–Crippen LogP) is 2.74. The van der Waals surface area contributed by atoms with Gasteiger partial charge in [-0.1, -0.05) is 18.2 Å². The van der Waals surface area contributed by atoms with Gasteiger partial charge in [-0.2, -0.15) is 0 Å². The number of hydrogen-bond donors (Lipinski definition) is 2. The molecule has 0 spiro atoms. The number of rotatable bonds is 6. The number of thiophene rings is 1. The second-order valence-electron chi connectivity index (χ2n) is 6.11. The minimum absolute atomic E-state index is 0.0649. The molecule has 3 rings (SSSR count). The lowest BCUT2D eigenvalue weighted by Crippen LogP contribution is -2.38. The van der Waals surface area contributed by atoms with Gasteiger partial charge in [-0.3, -0.25) is 4.79 Å². The average Bonchev–Trinajstić information content (AvgIpc) is 3.23. The van der Waals surface area contributed by atoms with E-state index in [9.17, 15) is 14.0 Å². The Morgan fingerprint density at radius 3 is 2.76 bits per heavy atom. The maximum Gasteiger partial charge on any atom is 0.315 e. The van der Waals surface area contributed by atoms with E-state index in [1.54, 1.807) is 28.4 Å². The normalized spacial score (nSPS) is 16.9. The summed E-state index contributed by atoms with van der Waals surface area (Å²) in [5, 5.41) is 7.60. The monoisotopic (exact) mass is 361 g/mol. The zero-order valence-corrected chi connectivity index (χ0v) is 14.5. The first-order valence-electron chi connectivity index (χ1n) is 8.16. The van der Waals surface area contributed by atoms with Gasteiger partial charge in [0.1, 0.15) is 5.82 Å². The highest BCUT2D eigenvalue weighted by Gasteiger charge is 2.29. The molecule has 1 aliphatic heterocycles. The van der Waals surface area contributed by atoms with E-state index in [-0.39, 0.29) is 23.7 Å². The van der Waals surface area contributed by atoms with Gasteiger partial charge in [0.15, 0.2) is 0 Å². The van der Waals surface area contributed by atoms with E-state index in [0.717, 1.165) is 10.4 Å². The molecule has 5 nitrogen and oxygen atoms in total. The molecular weight excluding hydrogens is 341 g/mol. The van der Waals surface area contributed by atoms with Crippen LogP contribution in [-0.2, 0) is 17.9 Å². The third-order valence-corrected chi connectivity index (χ3v) is 5.01. The number of nitrogens with zero attached hydrogens (tertiary/aromatic N) is 1. The predicted molar refractivity (Wildman–Crippen MR) is 94.5 cm³/mol. The van der Waals surface area contributed by atoms with E-state index in [2.05, 4.69) is 10.6 Å². The molecule has 0 radical (unpaired) electrons. The van der Waals surface area contributed by atoms with Crippen LogP contribution in [0, 0.1) is 11.7 Å². The van der Waals surface area contributed by atoms with Crippen LogP contribution in [0.15, 0.2) is 41.8 Å². The summed E-state index contributed by atoms with van der Waals surface area (Å²) in [6, 6.07) is 9.85. The van der Waals surface area contributed by atoms with Crippen LogP contribution in [0.2, 0.25) is 0 Å². The van der Waals surface area contributed by atoms with Crippen molar-refractivity contribution in [1.82, 2.24) is 15.5 Å². The first-order chi connectivity index (χ1) is 12.1. The summed E-state index contributed by atoms with van der Waals surface area (Å²) >= 11 is 1.59. The molecule has 1 aromatic carbocycles. The fraction of sp³-hybridized carbons (Fsp3) is 0.333. The average molecular weight is 361 g/mol. The Hall–Kier alpha value is -2.41. The van der Waals surface area contributed by atoms with Crippen molar-refractivity contribution >= 4 is 23.3 Å². The fourth-order valence-electron chi connectivity index (χ4n) is 2.83. The third kappa shape index (κ3) is 5.03. The van der Waals surface area contributed by atoms with Crippen molar-refractivity contribution in [2.45, 2.75) is 19.5 Å². The Bertz CT molecular complexity index is 718. The molecule has 1 aromatic heterocycles. The maximum atomic E-state index is 12.9. The molecule has 3 amide bonds.